The highest BCUT2D eigenvalue weighted by Crippen LogP contribution is 2.33. The van der Waals surface area contributed by atoms with Crippen LogP contribution >= 0.6 is 0 Å². The SMILES string of the molecule is CCN(Cc1ccccc1NS(=O)(=O)c1ccc(F)c(C(F)(F)F)c1)C(C)=O. The molecule has 0 radical (unpaired) electrons. The standard InChI is InChI=1S/C18H18F4N2O3S/c1-3-24(12(2)25)11-13-6-4-5-7-17(13)23-28(26,27)14-8-9-16(19)15(10-14)18(20,21)22/h4-10,23H,3,11H2,1-2H3. The Kier molecular flexibility index (Phi) is 6.33. The summed E-state index contributed by atoms with van der Waals surface area (Å²) in [5, 5.41) is 0. The van der Waals surface area contributed by atoms with Gasteiger partial charge in [-0.15, -0.1) is 0 Å². The fourth-order valence-electron chi connectivity index (χ4n) is 2.50. The molecule has 5 nitrogen and oxygen atoms in total. The van der Waals surface area contributed by atoms with Gasteiger partial charge in [-0.3, -0.25) is 9.52 Å². The van der Waals surface area contributed by atoms with Crippen molar-refractivity contribution in [1.29, 1.82) is 0 Å². The molecule has 0 heterocycles. The van der Waals surface area contributed by atoms with Gasteiger partial charge in [0.1, 0.15) is 5.82 Å². The van der Waals surface area contributed by atoms with Gasteiger partial charge in [0, 0.05) is 20.0 Å². The second-order valence-electron chi connectivity index (χ2n) is 5.94. The molecule has 0 atom stereocenters. The first-order chi connectivity index (χ1) is 13.0. The maximum atomic E-state index is 13.4. The molecular weight excluding hydrogens is 400 g/mol. The number of benzene rings is 2. The Balaban J connectivity index is 2.40. The predicted molar refractivity (Wildman–Crippen MR) is 95.4 cm³/mol. The van der Waals surface area contributed by atoms with E-state index in [0.29, 0.717) is 18.2 Å². The van der Waals surface area contributed by atoms with Crippen LogP contribution in [0.25, 0.3) is 0 Å². The van der Waals surface area contributed by atoms with Crippen LogP contribution in [0.4, 0.5) is 23.2 Å². The molecule has 0 bridgehead atoms. The molecule has 0 aliphatic heterocycles. The van der Waals surface area contributed by atoms with Crippen molar-refractivity contribution in [2.45, 2.75) is 31.5 Å². The summed E-state index contributed by atoms with van der Waals surface area (Å²) in [5.74, 6) is -1.78. The molecule has 2 aromatic carbocycles. The van der Waals surface area contributed by atoms with E-state index >= 15 is 0 Å². The number of hydrogen-bond donors (Lipinski definition) is 1. The number of anilines is 1. The molecule has 2 rings (SSSR count). The van der Waals surface area contributed by atoms with Gasteiger partial charge in [0.25, 0.3) is 10.0 Å². The number of nitrogens with one attached hydrogen (secondary N) is 1. The fraction of sp³-hybridized carbons (Fsp3) is 0.278. The van der Waals surface area contributed by atoms with Crippen molar-refractivity contribution in [3.63, 3.8) is 0 Å². The Morgan fingerprint density at radius 1 is 1.14 bits per heavy atom. The number of hydrogen-bond acceptors (Lipinski definition) is 3. The summed E-state index contributed by atoms with van der Waals surface area (Å²) in [6.07, 6.45) is -5.03. The van der Waals surface area contributed by atoms with Crippen molar-refractivity contribution < 1.29 is 30.8 Å². The zero-order valence-electron chi connectivity index (χ0n) is 15.0. The summed E-state index contributed by atoms with van der Waals surface area (Å²) in [7, 11) is -4.42. The van der Waals surface area contributed by atoms with Crippen LogP contribution in [-0.4, -0.2) is 25.8 Å². The summed E-state index contributed by atoms with van der Waals surface area (Å²) < 4.78 is 79.4. The topological polar surface area (TPSA) is 66.5 Å². The van der Waals surface area contributed by atoms with E-state index in [2.05, 4.69) is 4.72 Å². The highest BCUT2D eigenvalue weighted by molar-refractivity contribution is 7.92. The van der Waals surface area contributed by atoms with Crippen LogP contribution in [0.15, 0.2) is 47.4 Å². The van der Waals surface area contributed by atoms with Crippen LogP contribution < -0.4 is 4.72 Å². The smallest absolute Gasteiger partial charge is 0.339 e. The lowest BCUT2D eigenvalue weighted by Gasteiger charge is -2.21. The first-order valence-electron chi connectivity index (χ1n) is 8.18. The van der Waals surface area contributed by atoms with E-state index in [1.165, 1.54) is 24.0 Å². The zero-order chi connectivity index (χ0) is 21.1. The minimum Gasteiger partial charge on any atom is -0.339 e. The van der Waals surface area contributed by atoms with Crippen LogP contribution in [-0.2, 0) is 27.5 Å². The Morgan fingerprint density at radius 2 is 1.79 bits per heavy atom. The van der Waals surface area contributed by atoms with E-state index in [-0.39, 0.29) is 24.2 Å². The predicted octanol–water partition coefficient (Wildman–Crippen LogP) is 4.01. The van der Waals surface area contributed by atoms with E-state index < -0.39 is 32.5 Å². The molecule has 0 aromatic heterocycles. The number of alkyl halides is 3. The third kappa shape index (κ3) is 5.00. The minimum atomic E-state index is -5.03. The summed E-state index contributed by atoms with van der Waals surface area (Å²) in [6.45, 7) is 3.63. The van der Waals surface area contributed by atoms with Crippen LogP contribution in [0, 0.1) is 5.82 Å². The van der Waals surface area contributed by atoms with E-state index in [4.69, 9.17) is 0 Å². The Morgan fingerprint density at radius 3 is 2.36 bits per heavy atom. The molecule has 0 saturated carbocycles. The van der Waals surface area contributed by atoms with Crippen molar-refractivity contribution in [3.8, 4) is 0 Å². The van der Waals surface area contributed by atoms with E-state index in [1.807, 2.05) is 0 Å². The van der Waals surface area contributed by atoms with Crippen LogP contribution in [0.2, 0.25) is 0 Å². The van der Waals surface area contributed by atoms with Gasteiger partial charge in [-0.1, -0.05) is 18.2 Å². The monoisotopic (exact) mass is 418 g/mol. The fourth-order valence-corrected chi connectivity index (χ4v) is 3.63. The lowest BCUT2D eigenvalue weighted by Crippen LogP contribution is -2.28. The highest BCUT2D eigenvalue weighted by atomic mass is 32.2. The number of para-hydroxylation sites is 1. The lowest BCUT2D eigenvalue weighted by molar-refractivity contribution is -0.140. The van der Waals surface area contributed by atoms with E-state index in [1.54, 1.807) is 19.1 Å². The molecule has 2 aromatic rings. The number of halogens is 4. The third-order valence-corrected chi connectivity index (χ3v) is 5.37. The number of rotatable bonds is 6. The number of carbonyl (C=O) groups excluding carboxylic acids is 1. The first-order valence-corrected chi connectivity index (χ1v) is 9.67. The summed E-state index contributed by atoms with van der Waals surface area (Å²) >= 11 is 0. The lowest BCUT2D eigenvalue weighted by atomic mass is 10.1. The van der Waals surface area contributed by atoms with Crippen LogP contribution in [0.3, 0.4) is 0 Å². The molecule has 0 aliphatic carbocycles. The highest BCUT2D eigenvalue weighted by Gasteiger charge is 2.35. The quantitative estimate of drug-likeness (QED) is 0.721. The van der Waals surface area contributed by atoms with Crippen molar-refractivity contribution in [3.05, 3.63) is 59.4 Å². The molecule has 0 spiro atoms. The van der Waals surface area contributed by atoms with Crippen molar-refractivity contribution in [2.24, 2.45) is 0 Å². The maximum Gasteiger partial charge on any atom is 0.419 e. The second kappa shape index (κ2) is 8.17. The van der Waals surface area contributed by atoms with Gasteiger partial charge < -0.3 is 4.90 Å². The first kappa shape index (κ1) is 21.7. The number of carbonyl (C=O) groups is 1. The normalized spacial score (nSPS) is 11.9. The molecule has 0 unspecified atom stereocenters. The van der Waals surface area contributed by atoms with Crippen molar-refractivity contribution in [1.82, 2.24) is 4.90 Å². The van der Waals surface area contributed by atoms with Gasteiger partial charge in [-0.2, -0.15) is 13.2 Å². The van der Waals surface area contributed by atoms with Gasteiger partial charge in [0.15, 0.2) is 0 Å². The number of nitrogens with zero attached hydrogens (tertiary/aromatic N) is 1. The summed E-state index contributed by atoms with van der Waals surface area (Å²) in [4.78, 5) is 12.3. The van der Waals surface area contributed by atoms with Gasteiger partial charge in [0.2, 0.25) is 5.91 Å². The van der Waals surface area contributed by atoms with E-state index in [0.717, 1.165) is 6.07 Å². The molecular formula is C18H18F4N2O3S. The summed E-state index contributed by atoms with van der Waals surface area (Å²) in [6, 6.07) is 7.65. The average molecular weight is 418 g/mol. The summed E-state index contributed by atoms with van der Waals surface area (Å²) in [5.41, 5.74) is -1.10. The molecule has 152 valence electrons. The van der Waals surface area contributed by atoms with Crippen LogP contribution in [0.1, 0.15) is 25.0 Å². The molecule has 0 saturated heterocycles. The molecule has 1 amide bonds. The van der Waals surface area contributed by atoms with Gasteiger partial charge in [-0.25, -0.2) is 12.8 Å². The van der Waals surface area contributed by atoms with Crippen molar-refractivity contribution in [2.75, 3.05) is 11.3 Å². The molecule has 1 N–H and O–H groups in total. The zero-order valence-corrected chi connectivity index (χ0v) is 15.9. The van der Waals surface area contributed by atoms with Crippen LogP contribution in [0.5, 0.6) is 0 Å². The largest absolute Gasteiger partial charge is 0.419 e. The molecule has 28 heavy (non-hydrogen) atoms. The van der Waals surface area contributed by atoms with Crippen molar-refractivity contribution >= 4 is 21.6 Å². The van der Waals surface area contributed by atoms with Gasteiger partial charge >= 0.3 is 6.18 Å². The molecule has 0 fully saturated rings. The maximum absolute atomic E-state index is 13.4. The minimum absolute atomic E-state index is 0.111. The molecule has 0 aliphatic rings. The van der Waals surface area contributed by atoms with Gasteiger partial charge in [0.05, 0.1) is 16.1 Å². The molecule has 10 heteroatoms. The Bertz CT molecular complexity index is 975. The van der Waals surface area contributed by atoms with E-state index in [9.17, 15) is 30.8 Å². The van der Waals surface area contributed by atoms with Gasteiger partial charge in [-0.05, 0) is 36.8 Å². The number of sulfonamides is 1. The average Bonchev–Trinajstić information content (AvgIpc) is 2.59. The Hall–Kier alpha value is -2.62. The second-order valence-corrected chi connectivity index (χ2v) is 7.62. The third-order valence-electron chi connectivity index (χ3n) is 4.00. The number of amides is 1. The Labute approximate surface area is 160 Å².